The Labute approximate surface area is 78.6 Å². The summed E-state index contributed by atoms with van der Waals surface area (Å²) < 4.78 is 12.4. The van der Waals surface area contributed by atoms with E-state index in [0.29, 0.717) is 6.42 Å². The van der Waals surface area contributed by atoms with Gasteiger partial charge in [-0.25, -0.2) is 9.18 Å². The molecule has 4 heteroatoms. The highest BCUT2D eigenvalue weighted by Gasteiger charge is 2.13. The summed E-state index contributed by atoms with van der Waals surface area (Å²) in [6.45, 7) is 2.06. The Morgan fingerprint density at radius 2 is 2.00 bits per heavy atom. The summed E-state index contributed by atoms with van der Waals surface area (Å²) in [6, 6.07) is 0. The highest BCUT2D eigenvalue weighted by Crippen LogP contribution is 2.07. The fourth-order valence-electron chi connectivity index (χ4n) is 0.874. The number of halogens is 2. The van der Waals surface area contributed by atoms with Crippen LogP contribution in [0, 0.1) is 0 Å². The summed E-state index contributed by atoms with van der Waals surface area (Å²) in [6.07, 6.45) is 2.27. The molecule has 0 aliphatic rings. The van der Waals surface area contributed by atoms with Crippen molar-refractivity contribution in [3.05, 3.63) is 0 Å². The van der Waals surface area contributed by atoms with E-state index in [0.717, 1.165) is 19.3 Å². The summed E-state index contributed by atoms with van der Waals surface area (Å²) in [4.78, 5) is 9.99. The Bertz CT molecular complexity index is 120. The molecule has 0 aromatic rings. The van der Waals surface area contributed by atoms with Gasteiger partial charge in [-0.1, -0.05) is 26.2 Å². The zero-order chi connectivity index (χ0) is 8.69. The van der Waals surface area contributed by atoms with Crippen LogP contribution < -0.4 is 0 Å². The third-order valence-electron chi connectivity index (χ3n) is 1.58. The SMILES string of the molecule is CCCCCCC(F)C(=O)O.Cl. The van der Waals surface area contributed by atoms with Crippen LogP contribution in [-0.4, -0.2) is 17.2 Å². The molecular formula is C8H16ClFO2. The summed E-state index contributed by atoms with van der Waals surface area (Å²) >= 11 is 0. The maximum Gasteiger partial charge on any atom is 0.338 e. The van der Waals surface area contributed by atoms with Crippen LogP contribution in [0.25, 0.3) is 0 Å². The van der Waals surface area contributed by atoms with Gasteiger partial charge in [-0.3, -0.25) is 0 Å². The first kappa shape index (κ1) is 14.2. The van der Waals surface area contributed by atoms with Crippen molar-refractivity contribution >= 4 is 18.4 Å². The second kappa shape index (κ2) is 8.78. The van der Waals surface area contributed by atoms with Gasteiger partial charge in [0.15, 0.2) is 6.17 Å². The molecule has 0 aromatic carbocycles. The average Bonchev–Trinajstić information content (AvgIpc) is 1.97. The van der Waals surface area contributed by atoms with E-state index in [1.807, 2.05) is 0 Å². The summed E-state index contributed by atoms with van der Waals surface area (Å²) in [7, 11) is 0. The van der Waals surface area contributed by atoms with E-state index in [2.05, 4.69) is 6.92 Å². The van der Waals surface area contributed by atoms with Gasteiger partial charge in [-0.2, -0.15) is 0 Å². The maximum absolute atomic E-state index is 12.4. The number of rotatable bonds is 6. The smallest absolute Gasteiger partial charge is 0.338 e. The lowest BCUT2D eigenvalue weighted by atomic mass is 10.1. The molecule has 0 heterocycles. The van der Waals surface area contributed by atoms with Crippen LogP contribution in [0.3, 0.4) is 0 Å². The summed E-state index contributed by atoms with van der Waals surface area (Å²) in [5, 5.41) is 8.16. The van der Waals surface area contributed by atoms with Crippen molar-refractivity contribution in [1.29, 1.82) is 0 Å². The molecule has 1 unspecified atom stereocenters. The molecule has 12 heavy (non-hydrogen) atoms. The number of aliphatic carboxylic acids is 1. The molecule has 0 aliphatic heterocycles. The minimum atomic E-state index is -1.66. The number of carboxylic acids is 1. The lowest BCUT2D eigenvalue weighted by Crippen LogP contribution is -2.13. The largest absolute Gasteiger partial charge is 0.479 e. The first-order valence-electron chi connectivity index (χ1n) is 4.05. The minimum Gasteiger partial charge on any atom is -0.479 e. The van der Waals surface area contributed by atoms with Gasteiger partial charge in [0.05, 0.1) is 0 Å². The van der Waals surface area contributed by atoms with Crippen molar-refractivity contribution in [2.45, 2.75) is 45.2 Å². The highest BCUT2D eigenvalue weighted by atomic mass is 35.5. The second-order valence-electron chi connectivity index (χ2n) is 2.66. The van der Waals surface area contributed by atoms with E-state index >= 15 is 0 Å². The standard InChI is InChI=1S/C8H15FO2.ClH/c1-2-3-4-5-6-7(9)8(10)11;/h7H,2-6H2,1H3,(H,10,11);1H. The molecule has 0 aromatic heterocycles. The van der Waals surface area contributed by atoms with Crippen molar-refractivity contribution in [1.82, 2.24) is 0 Å². The van der Waals surface area contributed by atoms with Crippen LogP contribution >= 0.6 is 12.4 Å². The predicted molar refractivity (Wildman–Crippen MR) is 48.5 cm³/mol. The summed E-state index contributed by atoms with van der Waals surface area (Å²) in [5.41, 5.74) is 0. The van der Waals surface area contributed by atoms with Crippen LogP contribution in [0.5, 0.6) is 0 Å². The van der Waals surface area contributed by atoms with Gasteiger partial charge in [-0.15, -0.1) is 12.4 Å². The van der Waals surface area contributed by atoms with Crippen molar-refractivity contribution in [2.24, 2.45) is 0 Å². The molecule has 2 nitrogen and oxygen atoms in total. The fraction of sp³-hybridized carbons (Fsp3) is 0.875. The highest BCUT2D eigenvalue weighted by molar-refractivity contribution is 5.85. The molecule has 0 rings (SSSR count). The summed E-state index contributed by atoms with van der Waals surface area (Å²) in [5.74, 6) is -1.33. The number of hydrogen-bond donors (Lipinski definition) is 1. The van der Waals surface area contributed by atoms with Gasteiger partial charge in [0.25, 0.3) is 0 Å². The number of alkyl halides is 1. The number of hydrogen-bond acceptors (Lipinski definition) is 1. The first-order chi connectivity index (χ1) is 5.18. The molecule has 0 bridgehead atoms. The van der Waals surface area contributed by atoms with Gasteiger partial charge in [0.1, 0.15) is 0 Å². The van der Waals surface area contributed by atoms with E-state index in [4.69, 9.17) is 5.11 Å². The van der Waals surface area contributed by atoms with Crippen LogP contribution in [-0.2, 0) is 4.79 Å². The normalized spacial score (nSPS) is 11.8. The van der Waals surface area contributed by atoms with Gasteiger partial charge < -0.3 is 5.11 Å². The lowest BCUT2D eigenvalue weighted by molar-refractivity contribution is -0.143. The zero-order valence-electron chi connectivity index (χ0n) is 7.25. The van der Waals surface area contributed by atoms with E-state index in [1.54, 1.807) is 0 Å². The Balaban J connectivity index is 0. The average molecular weight is 199 g/mol. The minimum absolute atomic E-state index is 0. The number of carbonyl (C=O) groups is 1. The molecule has 1 atom stereocenters. The molecule has 0 amide bonds. The zero-order valence-corrected chi connectivity index (χ0v) is 8.07. The molecule has 0 saturated heterocycles. The topological polar surface area (TPSA) is 37.3 Å². The number of carboxylic acid groups (broad SMARTS) is 1. The fourth-order valence-corrected chi connectivity index (χ4v) is 0.874. The van der Waals surface area contributed by atoms with Crippen LogP contribution in [0.2, 0.25) is 0 Å². The van der Waals surface area contributed by atoms with E-state index in [1.165, 1.54) is 0 Å². The van der Waals surface area contributed by atoms with Crippen molar-refractivity contribution in [3.63, 3.8) is 0 Å². The van der Waals surface area contributed by atoms with Crippen molar-refractivity contribution in [2.75, 3.05) is 0 Å². The van der Waals surface area contributed by atoms with Crippen molar-refractivity contribution < 1.29 is 14.3 Å². The molecule has 0 spiro atoms. The van der Waals surface area contributed by atoms with Gasteiger partial charge in [0.2, 0.25) is 0 Å². The van der Waals surface area contributed by atoms with Crippen LogP contribution in [0.1, 0.15) is 39.0 Å². The molecular weight excluding hydrogens is 183 g/mol. The van der Waals surface area contributed by atoms with Gasteiger partial charge in [0, 0.05) is 0 Å². The third-order valence-corrected chi connectivity index (χ3v) is 1.58. The van der Waals surface area contributed by atoms with Gasteiger partial charge in [-0.05, 0) is 12.8 Å². The number of unbranched alkanes of at least 4 members (excludes halogenated alkanes) is 3. The molecule has 0 aliphatic carbocycles. The van der Waals surface area contributed by atoms with E-state index in [-0.39, 0.29) is 18.8 Å². The Morgan fingerprint density at radius 3 is 2.42 bits per heavy atom. The van der Waals surface area contributed by atoms with Crippen molar-refractivity contribution in [3.8, 4) is 0 Å². The molecule has 1 N–H and O–H groups in total. The quantitative estimate of drug-likeness (QED) is 0.667. The Kier molecular flexibility index (Phi) is 10.4. The van der Waals surface area contributed by atoms with E-state index in [9.17, 15) is 9.18 Å². The molecule has 0 radical (unpaired) electrons. The Hall–Kier alpha value is -0.310. The second-order valence-corrected chi connectivity index (χ2v) is 2.66. The van der Waals surface area contributed by atoms with E-state index < -0.39 is 12.1 Å². The first-order valence-corrected chi connectivity index (χ1v) is 4.05. The predicted octanol–water partition coefficient (Wildman–Crippen LogP) is 2.80. The lowest BCUT2D eigenvalue weighted by Gasteiger charge is -2.01. The monoisotopic (exact) mass is 198 g/mol. The van der Waals surface area contributed by atoms with Crippen LogP contribution in [0.4, 0.5) is 4.39 Å². The molecule has 0 fully saturated rings. The van der Waals surface area contributed by atoms with Crippen LogP contribution in [0.15, 0.2) is 0 Å². The third kappa shape index (κ3) is 7.79. The Morgan fingerprint density at radius 1 is 1.42 bits per heavy atom. The van der Waals surface area contributed by atoms with Gasteiger partial charge >= 0.3 is 5.97 Å². The molecule has 74 valence electrons. The maximum atomic E-state index is 12.4. The molecule has 0 saturated carbocycles.